The number of hydrogen-bond donors (Lipinski definition) is 1. The summed E-state index contributed by atoms with van der Waals surface area (Å²) in [7, 11) is 3.32. The molecule has 300 valence electrons. The molecule has 0 saturated heterocycles. The number of benzene rings is 4. The maximum Gasteiger partial charge on any atom is 0.225 e. The predicted molar refractivity (Wildman–Crippen MR) is 224 cm³/mol. The molecule has 0 spiro atoms. The van der Waals surface area contributed by atoms with E-state index in [9.17, 15) is 5.11 Å². The van der Waals surface area contributed by atoms with E-state index in [0.29, 0.717) is 22.9 Å². The Hall–Kier alpha value is -4.74. The number of fused-ring (bicyclic) bond motifs is 2. The third-order valence-corrected chi connectivity index (χ3v) is 10.7. The van der Waals surface area contributed by atoms with Crippen molar-refractivity contribution in [1.29, 1.82) is 0 Å². The maximum atomic E-state index is 10.0. The Morgan fingerprint density at radius 3 is 1.44 bits per heavy atom. The van der Waals surface area contributed by atoms with E-state index in [0.717, 1.165) is 81.7 Å². The monoisotopic (exact) mass is 812 g/mol. The highest BCUT2D eigenvalue weighted by Gasteiger charge is 2.39. The molecule has 0 bridgehead atoms. The Bertz CT molecular complexity index is 2240. The SMILES string of the molecule is CC(C)C(C)C.COc1ccccc1-n1nc2c([n+]1-c1ccc(Cl)cc1)C[C@H](O)C2.COc1ccccc1-n1nc2c([n+]1-c1ccc(Cl)cc1)C[C@H](OC(C)C)C2. The lowest BCUT2D eigenvalue weighted by Gasteiger charge is -2.14. The number of hydrogen-bond acceptors (Lipinski definition) is 6. The van der Waals surface area contributed by atoms with Crippen LogP contribution in [0.15, 0.2) is 97.1 Å². The van der Waals surface area contributed by atoms with Crippen molar-refractivity contribution in [3.63, 3.8) is 0 Å². The average Bonchev–Trinajstić information content (AvgIpc) is 3.94. The van der Waals surface area contributed by atoms with Crippen LogP contribution < -0.4 is 18.8 Å². The van der Waals surface area contributed by atoms with Crippen LogP contribution in [-0.2, 0) is 30.4 Å². The molecule has 0 unspecified atom stereocenters. The molecule has 2 aromatic heterocycles. The number of aliphatic hydroxyl groups excluding tert-OH is 1. The minimum Gasteiger partial charge on any atom is -0.494 e. The molecule has 10 nitrogen and oxygen atoms in total. The van der Waals surface area contributed by atoms with Crippen LogP contribution in [-0.4, -0.2) is 57.4 Å². The van der Waals surface area contributed by atoms with Gasteiger partial charge in [-0.2, -0.15) is 0 Å². The quantitative estimate of drug-likeness (QED) is 0.148. The van der Waals surface area contributed by atoms with Crippen LogP contribution in [0.3, 0.4) is 0 Å². The molecule has 0 saturated carbocycles. The van der Waals surface area contributed by atoms with Gasteiger partial charge in [0.25, 0.3) is 0 Å². The van der Waals surface area contributed by atoms with Gasteiger partial charge in [0.15, 0.2) is 34.1 Å². The molecule has 0 amide bonds. The summed E-state index contributed by atoms with van der Waals surface area (Å²) >= 11 is 12.1. The van der Waals surface area contributed by atoms with Gasteiger partial charge in [-0.3, -0.25) is 0 Å². The van der Waals surface area contributed by atoms with Crippen molar-refractivity contribution < 1.29 is 28.7 Å². The number of methoxy groups -OCH3 is 2. The van der Waals surface area contributed by atoms with E-state index < -0.39 is 0 Å². The molecule has 2 heterocycles. The molecular weight excluding hydrogens is 759 g/mol. The van der Waals surface area contributed by atoms with Crippen LogP contribution >= 0.6 is 23.2 Å². The van der Waals surface area contributed by atoms with Crippen molar-refractivity contribution in [2.45, 2.75) is 85.5 Å². The fourth-order valence-corrected chi connectivity index (χ4v) is 7.00. The highest BCUT2D eigenvalue weighted by molar-refractivity contribution is 6.30. The predicted octanol–water partition coefficient (Wildman–Crippen LogP) is 8.27. The number of aromatic nitrogens is 6. The number of ether oxygens (including phenoxy) is 3. The van der Waals surface area contributed by atoms with Crippen molar-refractivity contribution in [2.75, 3.05) is 14.2 Å². The van der Waals surface area contributed by atoms with Crippen LogP contribution in [0.5, 0.6) is 11.5 Å². The summed E-state index contributed by atoms with van der Waals surface area (Å²) in [5.74, 6) is 3.22. The van der Waals surface area contributed by atoms with Gasteiger partial charge in [0.05, 0.1) is 32.5 Å². The fraction of sp³-hybridized carbons (Fsp3) is 0.378. The highest BCUT2D eigenvalue weighted by atomic mass is 35.5. The summed E-state index contributed by atoms with van der Waals surface area (Å²) in [5.41, 5.74) is 7.82. The van der Waals surface area contributed by atoms with Crippen molar-refractivity contribution in [1.82, 2.24) is 19.8 Å². The van der Waals surface area contributed by atoms with Crippen LogP contribution in [0, 0.1) is 11.8 Å². The lowest BCUT2D eigenvalue weighted by Crippen LogP contribution is -2.44. The molecular formula is C45H54Cl2N6O4+2. The second-order valence-electron chi connectivity index (χ2n) is 15.3. The molecule has 2 aliphatic rings. The van der Waals surface area contributed by atoms with Crippen molar-refractivity contribution in [3.8, 4) is 34.2 Å². The molecule has 57 heavy (non-hydrogen) atoms. The molecule has 4 aromatic carbocycles. The second-order valence-corrected chi connectivity index (χ2v) is 16.1. The zero-order valence-electron chi connectivity index (χ0n) is 34.1. The zero-order valence-corrected chi connectivity index (χ0v) is 35.6. The Kier molecular flexibility index (Phi) is 13.7. The van der Waals surface area contributed by atoms with Gasteiger partial charge in [0.2, 0.25) is 11.4 Å². The summed E-state index contributed by atoms with van der Waals surface area (Å²) in [6.07, 6.45) is 2.75. The third kappa shape index (κ3) is 9.70. The van der Waals surface area contributed by atoms with Crippen LogP contribution in [0.2, 0.25) is 10.0 Å². The first-order valence-electron chi connectivity index (χ1n) is 19.6. The Balaban J connectivity index is 0.000000170. The van der Waals surface area contributed by atoms with Crippen LogP contribution in [0.25, 0.3) is 22.7 Å². The van der Waals surface area contributed by atoms with E-state index in [1.807, 2.05) is 111 Å². The summed E-state index contributed by atoms with van der Waals surface area (Å²) in [6.45, 7) is 13.1. The zero-order chi connectivity index (χ0) is 40.8. The van der Waals surface area contributed by atoms with E-state index in [1.165, 1.54) is 0 Å². The van der Waals surface area contributed by atoms with E-state index in [1.54, 1.807) is 14.2 Å². The molecule has 0 fully saturated rings. The molecule has 12 heteroatoms. The third-order valence-electron chi connectivity index (χ3n) is 10.2. The van der Waals surface area contributed by atoms with Gasteiger partial charge < -0.3 is 19.3 Å². The van der Waals surface area contributed by atoms with E-state index in [2.05, 4.69) is 46.2 Å². The first kappa shape index (κ1) is 41.9. The first-order valence-corrected chi connectivity index (χ1v) is 20.3. The summed E-state index contributed by atoms with van der Waals surface area (Å²) < 4.78 is 21.2. The maximum absolute atomic E-state index is 10.0. The summed E-state index contributed by atoms with van der Waals surface area (Å²) in [5, 5.41) is 21.0. The number of rotatable bonds is 9. The van der Waals surface area contributed by atoms with Crippen molar-refractivity contribution in [3.05, 3.63) is 130 Å². The largest absolute Gasteiger partial charge is 0.494 e. The normalized spacial score (nSPS) is 15.5. The van der Waals surface area contributed by atoms with Crippen molar-refractivity contribution >= 4 is 23.2 Å². The first-order chi connectivity index (χ1) is 27.4. The van der Waals surface area contributed by atoms with E-state index in [-0.39, 0.29) is 18.3 Å². The number of para-hydroxylation sites is 4. The molecule has 0 radical (unpaired) electrons. The Morgan fingerprint density at radius 1 is 0.596 bits per heavy atom. The summed E-state index contributed by atoms with van der Waals surface area (Å²) in [4.78, 5) is 3.75. The molecule has 1 N–H and O–H groups in total. The molecule has 0 aliphatic heterocycles. The molecule has 6 aromatic rings. The second kappa shape index (κ2) is 18.7. The minimum absolute atomic E-state index is 0.161. The van der Waals surface area contributed by atoms with Gasteiger partial charge in [0.1, 0.15) is 11.5 Å². The lowest BCUT2D eigenvalue weighted by atomic mass is 10.0. The molecule has 2 atom stereocenters. The minimum atomic E-state index is -0.381. The van der Waals surface area contributed by atoms with Gasteiger partial charge in [-0.25, -0.2) is 0 Å². The topological polar surface area (TPSA) is 91.3 Å². The lowest BCUT2D eigenvalue weighted by molar-refractivity contribution is -0.686. The Labute approximate surface area is 346 Å². The standard InChI is InChI=1S/C21H23ClN3O2.C18H17ClN3O2.C6H14/c1-14(2)27-17-12-18-20(13-17)24(16-10-8-15(22)9-11-16)25(23-18)19-6-4-5-7-21(19)26-3;1-24-18-5-3-2-4-16(18)22-20-15-10-14(23)11-17(15)21(22)13-8-6-12(19)7-9-13;1-5(2)6(3)4/h4-11,14,17H,12-13H2,1-3H3;2-9,14,23H,10-11H2,1H3;5-6H,1-4H3/q2*+1;/t17-;14-;/m11./s1. The van der Waals surface area contributed by atoms with Crippen molar-refractivity contribution in [2.24, 2.45) is 11.8 Å². The van der Waals surface area contributed by atoms with Gasteiger partial charge in [0, 0.05) is 45.9 Å². The van der Waals surface area contributed by atoms with E-state index in [4.69, 9.17) is 47.6 Å². The smallest absolute Gasteiger partial charge is 0.225 e. The van der Waals surface area contributed by atoms with Crippen LogP contribution in [0.1, 0.15) is 64.3 Å². The Morgan fingerprint density at radius 2 is 1.02 bits per heavy atom. The fourth-order valence-electron chi connectivity index (χ4n) is 6.74. The van der Waals surface area contributed by atoms with Gasteiger partial charge in [-0.05, 0) is 108 Å². The van der Waals surface area contributed by atoms with Gasteiger partial charge in [-0.1, -0.05) is 75.2 Å². The number of aliphatic hydroxyl groups is 1. The van der Waals surface area contributed by atoms with Gasteiger partial charge >= 0.3 is 0 Å². The summed E-state index contributed by atoms with van der Waals surface area (Å²) in [6, 6.07) is 31.0. The number of halogens is 2. The molecule has 2 aliphatic carbocycles. The van der Waals surface area contributed by atoms with Crippen LogP contribution in [0.4, 0.5) is 0 Å². The molecule has 8 rings (SSSR count). The average molecular weight is 814 g/mol. The van der Waals surface area contributed by atoms with Gasteiger partial charge in [-0.15, -0.1) is 9.36 Å². The van der Waals surface area contributed by atoms with E-state index >= 15 is 0 Å². The number of nitrogens with zero attached hydrogens (tertiary/aromatic N) is 6. The highest BCUT2D eigenvalue weighted by Crippen LogP contribution is 2.28.